The Hall–Kier alpha value is -2.67. The number of carbonyl (C=O) groups is 2. The van der Waals surface area contributed by atoms with Crippen molar-refractivity contribution in [3.8, 4) is 0 Å². The second kappa shape index (κ2) is 8.81. The van der Waals surface area contributed by atoms with Crippen molar-refractivity contribution < 1.29 is 18.0 Å². The Morgan fingerprint density at radius 2 is 1.41 bits per heavy atom. The zero-order valence-electron chi connectivity index (χ0n) is 15.7. The molecule has 0 aliphatic heterocycles. The summed E-state index contributed by atoms with van der Waals surface area (Å²) < 4.78 is 22.6. The van der Waals surface area contributed by atoms with E-state index in [-0.39, 0.29) is 17.6 Å². The van der Waals surface area contributed by atoms with Gasteiger partial charge in [0.25, 0.3) is 11.8 Å². The highest BCUT2D eigenvalue weighted by Gasteiger charge is 2.13. The summed E-state index contributed by atoms with van der Waals surface area (Å²) in [6.07, 6.45) is 1.17. The molecule has 0 aromatic heterocycles. The number of hydrogen-bond donors (Lipinski definition) is 1. The Morgan fingerprint density at radius 1 is 0.889 bits per heavy atom. The van der Waals surface area contributed by atoms with Crippen LogP contribution in [0.1, 0.15) is 40.1 Å². The minimum Gasteiger partial charge on any atom is -0.339 e. The average Bonchev–Trinajstić information content (AvgIpc) is 2.62. The molecule has 0 heterocycles. The van der Waals surface area contributed by atoms with Crippen LogP contribution in [0.15, 0.2) is 48.5 Å². The van der Waals surface area contributed by atoms with Crippen LogP contribution in [-0.4, -0.2) is 44.5 Å². The van der Waals surface area contributed by atoms with Gasteiger partial charge >= 0.3 is 0 Å². The molecule has 0 radical (unpaired) electrons. The molecule has 0 unspecified atom stereocenters. The molecule has 0 saturated carbocycles. The Bertz CT molecular complexity index is 900. The van der Waals surface area contributed by atoms with Crippen LogP contribution in [0.3, 0.4) is 0 Å². The zero-order valence-corrected chi connectivity index (χ0v) is 16.5. The van der Waals surface area contributed by atoms with Gasteiger partial charge in [0.05, 0.1) is 5.75 Å². The van der Waals surface area contributed by atoms with E-state index in [1.54, 1.807) is 53.4 Å². The molecule has 0 aliphatic carbocycles. The number of rotatable bonds is 7. The maximum atomic E-state index is 12.3. The van der Waals surface area contributed by atoms with E-state index in [4.69, 9.17) is 0 Å². The first-order valence-corrected chi connectivity index (χ1v) is 10.8. The molecular weight excluding hydrogens is 364 g/mol. The molecule has 0 bridgehead atoms. The number of anilines is 1. The smallest absolute Gasteiger partial charge is 0.255 e. The van der Waals surface area contributed by atoms with Crippen LogP contribution in [0.5, 0.6) is 0 Å². The van der Waals surface area contributed by atoms with Crippen LogP contribution in [0.4, 0.5) is 5.69 Å². The van der Waals surface area contributed by atoms with Crippen molar-refractivity contribution in [1.29, 1.82) is 0 Å². The van der Waals surface area contributed by atoms with Crippen molar-refractivity contribution in [2.24, 2.45) is 0 Å². The van der Waals surface area contributed by atoms with Gasteiger partial charge in [-0.25, -0.2) is 8.42 Å². The number of nitrogens with zero attached hydrogens (tertiary/aromatic N) is 1. The van der Waals surface area contributed by atoms with Crippen LogP contribution in [0.2, 0.25) is 0 Å². The number of nitrogens with one attached hydrogen (secondary N) is 1. The van der Waals surface area contributed by atoms with Gasteiger partial charge in [0.15, 0.2) is 9.84 Å². The maximum Gasteiger partial charge on any atom is 0.255 e. The third-order valence-electron chi connectivity index (χ3n) is 4.09. The first kappa shape index (κ1) is 20.6. The molecule has 2 aromatic rings. The number of sulfone groups is 1. The summed E-state index contributed by atoms with van der Waals surface area (Å²) in [5.74, 6) is -0.403. The Balaban J connectivity index is 2.04. The van der Waals surface area contributed by atoms with Gasteiger partial charge < -0.3 is 10.2 Å². The lowest BCUT2D eigenvalue weighted by atomic mass is 10.1. The van der Waals surface area contributed by atoms with Crippen LogP contribution >= 0.6 is 0 Å². The van der Waals surface area contributed by atoms with Crippen molar-refractivity contribution >= 4 is 27.3 Å². The Labute approximate surface area is 160 Å². The summed E-state index contributed by atoms with van der Waals surface area (Å²) in [7, 11) is -3.11. The minimum atomic E-state index is -3.11. The Morgan fingerprint density at radius 3 is 1.89 bits per heavy atom. The molecule has 0 fully saturated rings. The molecule has 6 nitrogen and oxygen atoms in total. The van der Waals surface area contributed by atoms with Crippen LogP contribution in [0, 0.1) is 0 Å². The van der Waals surface area contributed by atoms with Crippen molar-refractivity contribution in [2.75, 3.05) is 24.7 Å². The lowest BCUT2D eigenvalue weighted by Gasteiger charge is -2.18. The van der Waals surface area contributed by atoms with Gasteiger partial charge in [0.2, 0.25) is 0 Å². The molecule has 2 rings (SSSR count). The number of amides is 2. The number of benzene rings is 2. The largest absolute Gasteiger partial charge is 0.339 e. The monoisotopic (exact) mass is 388 g/mol. The summed E-state index contributed by atoms with van der Waals surface area (Å²) >= 11 is 0. The molecule has 27 heavy (non-hydrogen) atoms. The number of hydrogen-bond acceptors (Lipinski definition) is 4. The summed E-state index contributed by atoms with van der Waals surface area (Å²) in [6.45, 7) is 5.14. The third-order valence-corrected chi connectivity index (χ3v) is 4.94. The highest BCUT2D eigenvalue weighted by Crippen LogP contribution is 2.14. The molecule has 1 N–H and O–H groups in total. The van der Waals surface area contributed by atoms with Gasteiger partial charge in [-0.05, 0) is 55.8 Å². The van der Waals surface area contributed by atoms with Crippen LogP contribution in [0.25, 0.3) is 0 Å². The van der Waals surface area contributed by atoms with E-state index in [0.717, 1.165) is 0 Å². The zero-order chi connectivity index (χ0) is 20.0. The van der Waals surface area contributed by atoms with Gasteiger partial charge in [-0.15, -0.1) is 0 Å². The van der Waals surface area contributed by atoms with E-state index in [2.05, 4.69) is 5.32 Å². The van der Waals surface area contributed by atoms with E-state index < -0.39 is 9.84 Å². The normalized spacial score (nSPS) is 11.1. The third kappa shape index (κ3) is 5.92. The van der Waals surface area contributed by atoms with E-state index >= 15 is 0 Å². The van der Waals surface area contributed by atoms with Crippen molar-refractivity contribution in [1.82, 2.24) is 4.90 Å². The summed E-state index contributed by atoms with van der Waals surface area (Å²) in [5, 5.41) is 2.77. The van der Waals surface area contributed by atoms with Gasteiger partial charge in [-0.3, -0.25) is 9.59 Å². The fourth-order valence-electron chi connectivity index (χ4n) is 2.65. The second-order valence-corrected chi connectivity index (χ2v) is 8.42. The highest BCUT2D eigenvalue weighted by molar-refractivity contribution is 7.89. The highest BCUT2D eigenvalue weighted by atomic mass is 32.2. The molecule has 7 heteroatoms. The second-order valence-electron chi connectivity index (χ2n) is 6.28. The summed E-state index contributed by atoms with van der Waals surface area (Å²) in [4.78, 5) is 26.3. The fourth-order valence-corrected chi connectivity index (χ4v) is 3.45. The predicted octanol–water partition coefficient (Wildman–Crippen LogP) is 2.97. The fraction of sp³-hybridized carbons (Fsp3) is 0.300. The molecule has 2 amide bonds. The molecular formula is C20H24N2O4S. The minimum absolute atomic E-state index is 0.0423. The SMILES string of the molecule is CCN(CC)C(=O)c1ccc(NC(=O)c2ccc(CS(C)(=O)=O)cc2)cc1. The molecule has 2 aromatic carbocycles. The van der Waals surface area contributed by atoms with Gasteiger partial charge in [-0.1, -0.05) is 12.1 Å². The van der Waals surface area contributed by atoms with E-state index in [9.17, 15) is 18.0 Å². The Kier molecular flexibility index (Phi) is 6.74. The van der Waals surface area contributed by atoms with Crippen molar-refractivity contribution in [3.63, 3.8) is 0 Å². The standard InChI is InChI=1S/C20H24N2O4S/c1-4-22(5-2)20(24)17-10-12-18(13-11-17)21-19(23)16-8-6-15(7-9-16)14-27(3,25)26/h6-13H,4-5,14H2,1-3H3,(H,21,23). The van der Waals surface area contributed by atoms with Crippen molar-refractivity contribution in [2.45, 2.75) is 19.6 Å². The molecule has 0 aliphatic rings. The lowest BCUT2D eigenvalue weighted by Crippen LogP contribution is -2.30. The van der Waals surface area contributed by atoms with Gasteiger partial charge in [-0.2, -0.15) is 0 Å². The quantitative estimate of drug-likeness (QED) is 0.790. The summed E-state index contributed by atoms with van der Waals surface area (Å²) in [5.41, 5.74) is 2.21. The predicted molar refractivity (Wildman–Crippen MR) is 107 cm³/mol. The molecule has 0 saturated heterocycles. The molecule has 0 spiro atoms. The van der Waals surface area contributed by atoms with E-state index in [1.807, 2.05) is 13.8 Å². The van der Waals surface area contributed by atoms with Gasteiger partial charge in [0.1, 0.15) is 0 Å². The maximum absolute atomic E-state index is 12.3. The topological polar surface area (TPSA) is 83.6 Å². The van der Waals surface area contributed by atoms with E-state index in [1.165, 1.54) is 6.26 Å². The first-order chi connectivity index (χ1) is 12.7. The van der Waals surface area contributed by atoms with E-state index in [0.29, 0.717) is 35.5 Å². The molecule has 0 atom stereocenters. The van der Waals surface area contributed by atoms with Crippen LogP contribution < -0.4 is 5.32 Å². The summed E-state index contributed by atoms with van der Waals surface area (Å²) in [6, 6.07) is 13.2. The van der Waals surface area contributed by atoms with Gasteiger partial charge in [0, 0.05) is 36.2 Å². The number of carbonyl (C=O) groups excluding carboxylic acids is 2. The molecule has 144 valence electrons. The average molecular weight is 388 g/mol. The lowest BCUT2D eigenvalue weighted by molar-refractivity contribution is 0.0773. The van der Waals surface area contributed by atoms with Crippen molar-refractivity contribution in [3.05, 3.63) is 65.2 Å². The first-order valence-electron chi connectivity index (χ1n) is 8.71. The van der Waals surface area contributed by atoms with Crippen LogP contribution in [-0.2, 0) is 15.6 Å².